The third kappa shape index (κ3) is 4.72. The molecule has 2 amide bonds. The zero-order valence-corrected chi connectivity index (χ0v) is 17.0. The van der Waals surface area contributed by atoms with Gasteiger partial charge in [0.15, 0.2) is 0 Å². The highest BCUT2D eigenvalue weighted by atomic mass is 19.4. The molecule has 9 heteroatoms. The average molecular weight is 433 g/mol. The lowest BCUT2D eigenvalue weighted by atomic mass is 10.0. The van der Waals surface area contributed by atoms with Crippen LogP contribution < -0.4 is 15.8 Å². The Labute approximate surface area is 177 Å². The van der Waals surface area contributed by atoms with E-state index in [1.807, 2.05) is 13.0 Å². The van der Waals surface area contributed by atoms with Crippen molar-refractivity contribution in [1.82, 2.24) is 10.9 Å². The van der Waals surface area contributed by atoms with Gasteiger partial charge >= 0.3 is 6.18 Å². The highest BCUT2D eigenvalue weighted by Crippen LogP contribution is 2.45. The molecule has 0 saturated carbocycles. The molecule has 3 rings (SSSR count). The molecule has 2 aromatic carbocycles. The minimum atomic E-state index is -4.56. The predicted octanol–water partition coefficient (Wildman–Crippen LogP) is 3.82. The number of anilines is 2. The van der Waals surface area contributed by atoms with E-state index in [-0.39, 0.29) is 36.6 Å². The Morgan fingerprint density at radius 2 is 1.87 bits per heavy atom. The molecule has 0 radical (unpaired) electrons. The fraction of sp³-hybridized carbons (Fsp3) is 0.273. The van der Waals surface area contributed by atoms with Crippen LogP contribution in [0.4, 0.5) is 24.5 Å². The van der Waals surface area contributed by atoms with Crippen LogP contribution in [-0.2, 0) is 15.8 Å². The Hall–Kier alpha value is -3.33. The minimum absolute atomic E-state index is 0.0843. The third-order valence-corrected chi connectivity index (χ3v) is 4.84. The molecule has 0 fully saturated rings. The first-order valence-electron chi connectivity index (χ1n) is 9.63. The quantitative estimate of drug-likeness (QED) is 0.478. The van der Waals surface area contributed by atoms with E-state index in [0.29, 0.717) is 16.9 Å². The van der Waals surface area contributed by atoms with Crippen molar-refractivity contribution in [3.8, 4) is 0 Å². The maximum Gasteiger partial charge on any atom is 0.416 e. The van der Waals surface area contributed by atoms with Gasteiger partial charge in [-0.3, -0.25) is 19.9 Å². The van der Waals surface area contributed by atoms with Crippen LogP contribution in [0.2, 0.25) is 0 Å². The number of rotatable bonds is 6. The Balaban J connectivity index is 2.05. The van der Waals surface area contributed by atoms with Gasteiger partial charge in [-0.1, -0.05) is 18.2 Å². The number of nitrogens with one attached hydrogen (secondary N) is 2. The van der Waals surface area contributed by atoms with Gasteiger partial charge in [-0.25, -0.2) is 0 Å². The molecule has 0 saturated heterocycles. The van der Waals surface area contributed by atoms with Crippen molar-refractivity contribution in [2.24, 2.45) is 0 Å². The van der Waals surface area contributed by atoms with E-state index in [9.17, 15) is 22.8 Å². The number of hydrogen-bond acceptors (Lipinski definition) is 4. The van der Waals surface area contributed by atoms with Crippen molar-refractivity contribution >= 4 is 28.8 Å². The summed E-state index contributed by atoms with van der Waals surface area (Å²) < 4.78 is 40.0. The molecule has 0 atom stereocenters. The Morgan fingerprint density at radius 3 is 2.52 bits per heavy atom. The number of fused-ring (bicyclic) bond motifs is 1. The summed E-state index contributed by atoms with van der Waals surface area (Å²) in [6.07, 6.45) is -4.19. The van der Waals surface area contributed by atoms with Crippen molar-refractivity contribution < 1.29 is 27.9 Å². The molecular formula is C22H22F3N3O3. The number of alkyl halides is 3. The number of aliphatic hydroxyl groups excluding tert-OH is 1. The number of allylic oxidation sites excluding steroid dienone is 1. The number of aliphatic hydroxyl groups is 1. The molecule has 0 spiro atoms. The van der Waals surface area contributed by atoms with Crippen molar-refractivity contribution in [3.63, 3.8) is 0 Å². The van der Waals surface area contributed by atoms with Crippen molar-refractivity contribution in [2.45, 2.75) is 32.9 Å². The summed E-state index contributed by atoms with van der Waals surface area (Å²) in [4.78, 5) is 26.3. The van der Waals surface area contributed by atoms with E-state index >= 15 is 0 Å². The van der Waals surface area contributed by atoms with Crippen LogP contribution >= 0.6 is 0 Å². The van der Waals surface area contributed by atoms with Crippen LogP contribution in [-0.4, -0.2) is 23.5 Å². The molecule has 1 aliphatic heterocycles. The van der Waals surface area contributed by atoms with Gasteiger partial charge in [0.2, 0.25) is 5.91 Å². The van der Waals surface area contributed by atoms with Crippen LogP contribution in [0.15, 0.2) is 48.2 Å². The second kappa shape index (κ2) is 8.81. The normalized spacial score (nSPS) is 15.0. The molecule has 0 aromatic heterocycles. The van der Waals surface area contributed by atoms with Crippen LogP contribution in [0.1, 0.15) is 36.5 Å². The van der Waals surface area contributed by atoms with E-state index in [0.717, 1.165) is 17.7 Å². The lowest BCUT2D eigenvalue weighted by molar-refractivity contribution is -0.137. The number of hydrogen-bond donors (Lipinski definition) is 3. The van der Waals surface area contributed by atoms with Gasteiger partial charge in [-0.15, -0.1) is 0 Å². The first-order chi connectivity index (χ1) is 14.6. The van der Waals surface area contributed by atoms with Gasteiger partial charge in [-0.2, -0.15) is 13.2 Å². The van der Waals surface area contributed by atoms with Crippen LogP contribution in [0.25, 0.3) is 5.57 Å². The Kier molecular flexibility index (Phi) is 6.35. The lowest BCUT2D eigenvalue weighted by Gasteiger charge is -2.19. The van der Waals surface area contributed by atoms with Crippen molar-refractivity contribution in [2.75, 3.05) is 11.5 Å². The zero-order chi connectivity index (χ0) is 22.8. The molecule has 0 unspecified atom stereocenters. The SMILES string of the molecule is C/C(NNC(=O)CCCO)=C1/C(=O)N(c2cccc(C)c2)c2cc(C(F)(F)F)ccc21. The van der Waals surface area contributed by atoms with E-state index in [2.05, 4.69) is 10.9 Å². The van der Waals surface area contributed by atoms with E-state index < -0.39 is 17.6 Å². The highest BCUT2D eigenvalue weighted by Gasteiger charge is 2.38. The van der Waals surface area contributed by atoms with E-state index in [1.165, 1.54) is 11.0 Å². The molecule has 0 bridgehead atoms. The first-order valence-corrected chi connectivity index (χ1v) is 9.63. The molecule has 1 heterocycles. The number of benzene rings is 2. The van der Waals surface area contributed by atoms with Gasteiger partial charge in [0.1, 0.15) is 0 Å². The monoisotopic (exact) mass is 433 g/mol. The number of nitrogens with zero attached hydrogens (tertiary/aromatic N) is 1. The molecule has 1 aliphatic rings. The molecule has 2 aromatic rings. The summed E-state index contributed by atoms with van der Waals surface area (Å²) in [5.41, 5.74) is 6.43. The number of carbonyl (C=O) groups is 2. The van der Waals surface area contributed by atoms with Crippen LogP contribution in [0.5, 0.6) is 0 Å². The number of hydrazine groups is 1. The van der Waals surface area contributed by atoms with Crippen LogP contribution in [0.3, 0.4) is 0 Å². The molecular weight excluding hydrogens is 411 g/mol. The lowest BCUT2D eigenvalue weighted by Crippen LogP contribution is -2.37. The second-order valence-corrected chi connectivity index (χ2v) is 7.21. The second-order valence-electron chi connectivity index (χ2n) is 7.21. The van der Waals surface area contributed by atoms with Crippen molar-refractivity contribution in [3.05, 3.63) is 64.9 Å². The summed E-state index contributed by atoms with van der Waals surface area (Å²) in [5.74, 6) is -0.892. The first kappa shape index (κ1) is 22.4. The summed E-state index contributed by atoms with van der Waals surface area (Å²) in [6, 6.07) is 10.1. The van der Waals surface area contributed by atoms with Gasteiger partial charge in [0.05, 0.1) is 16.8 Å². The molecule has 6 nitrogen and oxygen atoms in total. The van der Waals surface area contributed by atoms with Crippen LogP contribution in [0, 0.1) is 6.92 Å². The van der Waals surface area contributed by atoms with Gasteiger partial charge in [0.25, 0.3) is 5.91 Å². The molecule has 164 valence electrons. The predicted molar refractivity (Wildman–Crippen MR) is 110 cm³/mol. The molecule has 31 heavy (non-hydrogen) atoms. The third-order valence-electron chi connectivity index (χ3n) is 4.84. The largest absolute Gasteiger partial charge is 0.416 e. The zero-order valence-electron chi connectivity index (χ0n) is 17.0. The summed E-state index contributed by atoms with van der Waals surface area (Å²) in [7, 11) is 0. The van der Waals surface area contributed by atoms with E-state index in [4.69, 9.17) is 5.11 Å². The fourth-order valence-corrected chi connectivity index (χ4v) is 3.35. The Bertz CT molecular complexity index is 1050. The topological polar surface area (TPSA) is 81.7 Å². The fourth-order valence-electron chi connectivity index (χ4n) is 3.35. The summed E-state index contributed by atoms with van der Waals surface area (Å²) in [5, 5.41) is 8.81. The summed E-state index contributed by atoms with van der Waals surface area (Å²) in [6.45, 7) is 3.25. The number of halogens is 3. The number of aryl methyl sites for hydroxylation is 1. The van der Waals surface area contributed by atoms with Gasteiger partial charge < -0.3 is 10.5 Å². The van der Waals surface area contributed by atoms with Gasteiger partial charge in [-0.05, 0) is 50.1 Å². The summed E-state index contributed by atoms with van der Waals surface area (Å²) >= 11 is 0. The standard InChI is InChI=1S/C22H22F3N3O3/c1-13-5-3-6-16(11-13)28-18-12-15(22(23,24)25)8-9-17(18)20(21(28)31)14(2)26-27-19(30)7-4-10-29/h3,5-6,8-9,11-12,26,29H,4,7,10H2,1-2H3,(H,27,30)/b20-14-. The maximum absolute atomic E-state index is 13.3. The molecule has 0 aliphatic carbocycles. The number of amides is 2. The van der Waals surface area contributed by atoms with Gasteiger partial charge in [0, 0.05) is 30.0 Å². The highest BCUT2D eigenvalue weighted by molar-refractivity contribution is 6.35. The molecule has 3 N–H and O–H groups in total. The van der Waals surface area contributed by atoms with E-state index in [1.54, 1.807) is 25.1 Å². The minimum Gasteiger partial charge on any atom is -0.396 e. The maximum atomic E-state index is 13.3. The average Bonchev–Trinajstić information content (AvgIpc) is 3.00. The Morgan fingerprint density at radius 1 is 1.13 bits per heavy atom. The smallest absolute Gasteiger partial charge is 0.396 e. The number of carbonyl (C=O) groups excluding carboxylic acids is 2. The van der Waals surface area contributed by atoms with Crippen molar-refractivity contribution in [1.29, 1.82) is 0 Å².